The van der Waals surface area contributed by atoms with E-state index in [-0.39, 0.29) is 6.03 Å². The van der Waals surface area contributed by atoms with E-state index in [0.29, 0.717) is 17.3 Å². The zero-order valence-corrected chi connectivity index (χ0v) is 18.4. The summed E-state index contributed by atoms with van der Waals surface area (Å²) in [6.45, 7) is 1.23. The van der Waals surface area contributed by atoms with Crippen molar-refractivity contribution in [2.24, 2.45) is 0 Å². The normalized spacial score (nSPS) is 13.4. The number of hydrogen-bond acceptors (Lipinski definition) is 3. The van der Waals surface area contributed by atoms with Crippen molar-refractivity contribution in [3.05, 3.63) is 83.4 Å². The van der Waals surface area contributed by atoms with Crippen molar-refractivity contribution >= 4 is 39.8 Å². The van der Waals surface area contributed by atoms with Gasteiger partial charge in [-0.1, -0.05) is 48.4 Å². The summed E-state index contributed by atoms with van der Waals surface area (Å²) >= 11 is 6.00. The van der Waals surface area contributed by atoms with Crippen molar-refractivity contribution < 1.29 is 4.79 Å². The average molecular weight is 446 g/mol. The SMILES string of the molecule is O=C(Nc1ccc(Cl)cc1)N(Cc1nnc2n1CCCCC2)c1ccc2ccccc2c1. The Balaban J connectivity index is 1.49. The van der Waals surface area contributed by atoms with Gasteiger partial charge in [-0.2, -0.15) is 0 Å². The van der Waals surface area contributed by atoms with E-state index in [1.807, 2.05) is 30.3 Å². The smallest absolute Gasteiger partial charge is 0.313 e. The molecule has 0 atom stereocenters. The van der Waals surface area contributed by atoms with E-state index < -0.39 is 0 Å². The van der Waals surface area contributed by atoms with Gasteiger partial charge in [0.25, 0.3) is 0 Å². The van der Waals surface area contributed by atoms with Crippen LogP contribution in [0.2, 0.25) is 5.02 Å². The number of anilines is 2. The number of nitrogens with one attached hydrogen (secondary N) is 1. The highest BCUT2D eigenvalue weighted by atomic mass is 35.5. The second-order valence-corrected chi connectivity index (χ2v) is 8.49. The highest BCUT2D eigenvalue weighted by Gasteiger charge is 2.22. The van der Waals surface area contributed by atoms with Gasteiger partial charge in [0.1, 0.15) is 5.82 Å². The molecule has 1 aliphatic heterocycles. The summed E-state index contributed by atoms with van der Waals surface area (Å²) in [5.41, 5.74) is 1.49. The van der Waals surface area contributed by atoms with Crippen LogP contribution < -0.4 is 10.2 Å². The van der Waals surface area contributed by atoms with Gasteiger partial charge in [0.2, 0.25) is 0 Å². The van der Waals surface area contributed by atoms with Crippen LogP contribution in [0.25, 0.3) is 10.8 Å². The highest BCUT2D eigenvalue weighted by Crippen LogP contribution is 2.25. The lowest BCUT2D eigenvalue weighted by molar-refractivity contribution is 0.256. The molecular formula is C25H24ClN5O. The van der Waals surface area contributed by atoms with E-state index in [0.717, 1.165) is 53.9 Å². The standard InChI is InChI=1S/C25H24ClN5O/c26-20-10-12-21(13-11-20)27-25(32)31(22-14-9-18-6-3-4-7-19(18)16-22)17-24-29-28-23-8-2-1-5-15-30(23)24/h3-4,6-7,9-14,16H,1-2,5,8,15,17H2,(H,27,32). The fourth-order valence-electron chi connectivity index (χ4n) is 4.15. The van der Waals surface area contributed by atoms with Crippen LogP contribution in [0, 0.1) is 0 Å². The minimum Gasteiger partial charge on any atom is -0.313 e. The Morgan fingerprint density at radius 1 is 0.969 bits per heavy atom. The van der Waals surface area contributed by atoms with Crippen LogP contribution in [0.1, 0.15) is 30.9 Å². The van der Waals surface area contributed by atoms with Gasteiger partial charge in [0.05, 0.1) is 6.54 Å². The van der Waals surface area contributed by atoms with Crippen molar-refractivity contribution in [2.45, 2.75) is 38.8 Å². The predicted molar refractivity (Wildman–Crippen MR) is 128 cm³/mol. The van der Waals surface area contributed by atoms with Gasteiger partial charge in [-0.05, 0) is 60.0 Å². The molecule has 0 saturated heterocycles. The molecule has 162 valence electrons. The van der Waals surface area contributed by atoms with Gasteiger partial charge in [-0.3, -0.25) is 4.90 Å². The largest absolute Gasteiger partial charge is 0.326 e. The molecule has 1 N–H and O–H groups in total. The lowest BCUT2D eigenvalue weighted by atomic mass is 10.1. The van der Waals surface area contributed by atoms with Crippen LogP contribution >= 0.6 is 11.6 Å². The number of urea groups is 1. The molecule has 1 aliphatic rings. The fourth-order valence-corrected chi connectivity index (χ4v) is 4.28. The molecule has 0 saturated carbocycles. The molecule has 3 aromatic carbocycles. The van der Waals surface area contributed by atoms with Crippen molar-refractivity contribution in [1.82, 2.24) is 14.8 Å². The number of halogens is 1. The first kappa shape index (κ1) is 20.5. The van der Waals surface area contributed by atoms with Gasteiger partial charge in [0, 0.05) is 29.4 Å². The first-order chi connectivity index (χ1) is 15.7. The molecule has 0 aliphatic carbocycles. The van der Waals surface area contributed by atoms with Crippen LogP contribution in [-0.4, -0.2) is 20.8 Å². The molecule has 4 aromatic rings. The molecule has 5 rings (SSSR count). The third kappa shape index (κ3) is 4.32. The number of nitrogens with zero attached hydrogens (tertiary/aromatic N) is 4. The van der Waals surface area contributed by atoms with Gasteiger partial charge in [-0.25, -0.2) is 4.79 Å². The summed E-state index contributed by atoms with van der Waals surface area (Å²) in [6.07, 6.45) is 4.35. The predicted octanol–water partition coefficient (Wildman–Crippen LogP) is 6.05. The van der Waals surface area contributed by atoms with E-state index in [4.69, 9.17) is 11.6 Å². The minimum absolute atomic E-state index is 0.228. The summed E-state index contributed by atoms with van der Waals surface area (Å²) < 4.78 is 2.18. The molecule has 2 heterocycles. The molecule has 32 heavy (non-hydrogen) atoms. The van der Waals surface area contributed by atoms with E-state index >= 15 is 0 Å². The van der Waals surface area contributed by atoms with Gasteiger partial charge >= 0.3 is 6.03 Å². The van der Waals surface area contributed by atoms with Gasteiger partial charge in [0.15, 0.2) is 5.82 Å². The van der Waals surface area contributed by atoms with Crippen molar-refractivity contribution in [1.29, 1.82) is 0 Å². The fraction of sp³-hybridized carbons (Fsp3) is 0.240. The summed E-state index contributed by atoms with van der Waals surface area (Å²) in [6, 6.07) is 21.1. The van der Waals surface area contributed by atoms with E-state index in [9.17, 15) is 4.79 Å². The molecule has 0 fully saturated rings. The molecule has 6 nitrogen and oxygen atoms in total. The number of amides is 2. The van der Waals surface area contributed by atoms with Gasteiger partial charge < -0.3 is 9.88 Å². The lowest BCUT2D eigenvalue weighted by Gasteiger charge is -2.24. The summed E-state index contributed by atoms with van der Waals surface area (Å²) in [5.74, 6) is 1.82. The first-order valence-electron chi connectivity index (χ1n) is 10.9. The second kappa shape index (κ2) is 9.01. The molecular weight excluding hydrogens is 422 g/mol. The Bertz CT molecular complexity index is 1250. The van der Waals surface area contributed by atoms with Crippen molar-refractivity contribution in [2.75, 3.05) is 10.2 Å². The molecule has 0 spiro atoms. The Labute approximate surface area is 191 Å². The average Bonchev–Trinajstić information content (AvgIpc) is 3.03. The topological polar surface area (TPSA) is 63.1 Å². The Morgan fingerprint density at radius 3 is 2.62 bits per heavy atom. The molecule has 0 radical (unpaired) electrons. The van der Waals surface area contributed by atoms with Crippen LogP contribution in [0.5, 0.6) is 0 Å². The van der Waals surface area contributed by atoms with Crippen LogP contribution in [-0.2, 0) is 19.5 Å². The number of benzene rings is 3. The zero-order valence-electron chi connectivity index (χ0n) is 17.7. The molecule has 0 unspecified atom stereocenters. The number of fused-ring (bicyclic) bond motifs is 2. The number of carbonyl (C=O) groups is 1. The highest BCUT2D eigenvalue weighted by molar-refractivity contribution is 6.30. The zero-order chi connectivity index (χ0) is 21.9. The molecule has 2 amide bonds. The third-order valence-corrected chi connectivity index (χ3v) is 6.12. The van der Waals surface area contributed by atoms with Crippen LogP contribution in [0.15, 0.2) is 66.7 Å². The second-order valence-electron chi connectivity index (χ2n) is 8.05. The van der Waals surface area contributed by atoms with E-state index in [2.05, 4.69) is 32.2 Å². The Morgan fingerprint density at radius 2 is 1.78 bits per heavy atom. The van der Waals surface area contributed by atoms with Crippen molar-refractivity contribution in [3.8, 4) is 0 Å². The number of carbonyl (C=O) groups excluding carboxylic acids is 1. The van der Waals surface area contributed by atoms with Crippen LogP contribution in [0.3, 0.4) is 0 Å². The maximum Gasteiger partial charge on any atom is 0.326 e. The van der Waals surface area contributed by atoms with E-state index in [1.54, 1.807) is 29.2 Å². The minimum atomic E-state index is -0.228. The van der Waals surface area contributed by atoms with Crippen LogP contribution in [0.4, 0.5) is 16.2 Å². The summed E-state index contributed by atoms with van der Waals surface area (Å²) in [7, 11) is 0. The third-order valence-electron chi connectivity index (χ3n) is 5.87. The number of rotatable bonds is 4. The monoisotopic (exact) mass is 445 g/mol. The quantitative estimate of drug-likeness (QED) is 0.416. The summed E-state index contributed by atoms with van der Waals surface area (Å²) in [5, 5.41) is 14.7. The molecule has 0 bridgehead atoms. The molecule has 7 heteroatoms. The molecule has 1 aromatic heterocycles. The maximum atomic E-state index is 13.4. The van der Waals surface area contributed by atoms with Gasteiger partial charge in [-0.15, -0.1) is 10.2 Å². The van der Waals surface area contributed by atoms with E-state index in [1.165, 1.54) is 6.42 Å². The number of hydrogen-bond donors (Lipinski definition) is 1. The van der Waals surface area contributed by atoms with Crippen molar-refractivity contribution in [3.63, 3.8) is 0 Å². The maximum absolute atomic E-state index is 13.4. The number of aromatic nitrogens is 3. The number of aryl methyl sites for hydroxylation is 1. The summed E-state index contributed by atoms with van der Waals surface area (Å²) in [4.78, 5) is 15.1. The Hall–Kier alpha value is -3.38. The first-order valence-corrected chi connectivity index (χ1v) is 11.3. The lowest BCUT2D eigenvalue weighted by Crippen LogP contribution is -2.35. The Kier molecular flexibility index (Phi) is 5.77.